The summed E-state index contributed by atoms with van der Waals surface area (Å²) in [6.07, 6.45) is 1.24. The molecule has 208 valence electrons. The average molecular weight is 591 g/mol. The first-order chi connectivity index (χ1) is 18.5. The molecule has 10 heteroatoms. The molecule has 1 atom stereocenters. The first kappa shape index (κ1) is 30.5. The smallest absolute Gasteiger partial charge is 0.244 e. The Hall–Kier alpha value is -3.07. The lowest BCUT2D eigenvalue weighted by Gasteiger charge is -2.34. The number of sulfonamides is 1. The van der Waals surface area contributed by atoms with Crippen LogP contribution in [0.3, 0.4) is 0 Å². The van der Waals surface area contributed by atoms with E-state index in [1.54, 1.807) is 42.5 Å². The van der Waals surface area contributed by atoms with Crippen molar-refractivity contribution < 1.29 is 18.0 Å². The minimum atomic E-state index is -3.90. The molecule has 3 aromatic carbocycles. The van der Waals surface area contributed by atoms with E-state index in [2.05, 4.69) is 5.32 Å². The molecular weight excluding hydrogens is 557 g/mol. The fraction of sp³-hybridized carbons (Fsp3) is 0.310. The second-order valence-corrected chi connectivity index (χ2v) is 12.4. The van der Waals surface area contributed by atoms with Crippen LogP contribution in [0.1, 0.15) is 25.0 Å². The van der Waals surface area contributed by atoms with Gasteiger partial charge in [0.25, 0.3) is 0 Å². The van der Waals surface area contributed by atoms with E-state index in [1.165, 1.54) is 11.0 Å². The van der Waals surface area contributed by atoms with Crippen LogP contribution in [0, 0.1) is 5.92 Å². The Kier molecular flexibility index (Phi) is 10.8. The largest absolute Gasteiger partial charge is 0.354 e. The van der Waals surface area contributed by atoms with Crippen molar-refractivity contribution in [3.8, 4) is 0 Å². The van der Waals surface area contributed by atoms with E-state index in [4.69, 9.17) is 23.2 Å². The Morgan fingerprint density at radius 1 is 0.872 bits per heavy atom. The Bertz CT molecular complexity index is 1380. The van der Waals surface area contributed by atoms with Crippen molar-refractivity contribution in [1.29, 1.82) is 0 Å². The Morgan fingerprint density at radius 3 is 2.05 bits per heavy atom. The molecule has 1 unspecified atom stereocenters. The predicted octanol–water partition coefficient (Wildman–Crippen LogP) is 5.17. The average Bonchev–Trinajstić information content (AvgIpc) is 2.89. The maximum absolute atomic E-state index is 14.0. The summed E-state index contributed by atoms with van der Waals surface area (Å²) in [6, 6.07) is 21.9. The quantitative estimate of drug-likeness (QED) is 0.315. The summed E-state index contributed by atoms with van der Waals surface area (Å²) in [5.74, 6) is -0.711. The highest BCUT2D eigenvalue weighted by Crippen LogP contribution is 2.28. The maximum Gasteiger partial charge on any atom is 0.244 e. The Balaban J connectivity index is 2.06. The molecule has 39 heavy (non-hydrogen) atoms. The fourth-order valence-corrected chi connectivity index (χ4v) is 5.38. The molecule has 0 spiro atoms. The van der Waals surface area contributed by atoms with Crippen LogP contribution in [0.15, 0.2) is 78.9 Å². The minimum Gasteiger partial charge on any atom is -0.354 e. The maximum atomic E-state index is 14.0. The third-order valence-corrected chi connectivity index (χ3v) is 7.87. The van der Waals surface area contributed by atoms with Gasteiger partial charge in [-0.25, -0.2) is 8.42 Å². The zero-order valence-corrected chi connectivity index (χ0v) is 24.5. The number of anilines is 1. The number of amides is 2. The van der Waals surface area contributed by atoms with Gasteiger partial charge in [0.05, 0.1) is 17.0 Å². The monoisotopic (exact) mass is 589 g/mol. The molecule has 3 rings (SSSR count). The molecule has 1 N–H and O–H groups in total. The summed E-state index contributed by atoms with van der Waals surface area (Å²) in [5.41, 5.74) is 1.66. The summed E-state index contributed by atoms with van der Waals surface area (Å²) < 4.78 is 26.6. The minimum absolute atomic E-state index is 0.00519. The van der Waals surface area contributed by atoms with Crippen LogP contribution < -0.4 is 9.62 Å². The fourth-order valence-electron chi connectivity index (χ4n) is 4.04. The molecule has 0 heterocycles. The van der Waals surface area contributed by atoms with E-state index < -0.39 is 28.5 Å². The molecule has 0 bridgehead atoms. The highest BCUT2D eigenvalue weighted by molar-refractivity contribution is 7.92. The number of para-hydroxylation sites is 1. The van der Waals surface area contributed by atoms with Crippen molar-refractivity contribution in [2.24, 2.45) is 5.92 Å². The molecular formula is C29H33Cl2N3O4S. The van der Waals surface area contributed by atoms with Crippen LogP contribution in [-0.4, -0.2) is 50.5 Å². The molecule has 0 radical (unpaired) electrons. The number of hydrogen-bond donors (Lipinski definition) is 1. The van der Waals surface area contributed by atoms with Crippen LogP contribution >= 0.6 is 23.2 Å². The van der Waals surface area contributed by atoms with Crippen molar-refractivity contribution in [1.82, 2.24) is 10.2 Å². The lowest BCUT2D eigenvalue weighted by Crippen LogP contribution is -2.53. The van der Waals surface area contributed by atoms with Crippen LogP contribution in [0.2, 0.25) is 10.0 Å². The van der Waals surface area contributed by atoms with E-state index >= 15 is 0 Å². The number of benzene rings is 3. The third kappa shape index (κ3) is 8.71. The van der Waals surface area contributed by atoms with Crippen molar-refractivity contribution >= 4 is 50.7 Å². The molecule has 0 saturated carbocycles. The zero-order chi connectivity index (χ0) is 28.6. The number of halogens is 2. The lowest BCUT2D eigenvalue weighted by atomic mass is 10.0. The van der Waals surface area contributed by atoms with Gasteiger partial charge in [-0.3, -0.25) is 13.9 Å². The van der Waals surface area contributed by atoms with E-state index in [-0.39, 0.29) is 35.5 Å². The molecule has 0 aliphatic carbocycles. The van der Waals surface area contributed by atoms with E-state index in [9.17, 15) is 18.0 Å². The van der Waals surface area contributed by atoms with Gasteiger partial charge in [-0.15, -0.1) is 0 Å². The highest BCUT2D eigenvalue weighted by atomic mass is 35.5. The van der Waals surface area contributed by atoms with Crippen molar-refractivity contribution in [2.45, 2.75) is 32.9 Å². The van der Waals surface area contributed by atoms with Gasteiger partial charge in [-0.1, -0.05) is 97.7 Å². The Morgan fingerprint density at radius 2 is 1.46 bits per heavy atom. The van der Waals surface area contributed by atoms with Crippen molar-refractivity contribution in [3.05, 3.63) is 100 Å². The summed E-state index contributed by atoms with van der Waals surface area (Å²) in [5, 5.41) is 3.56. The van der Waals surface area contributed by atoms with Crippen molar-refractivity contribution in [2.75, 3.05) is 23.7 Å². The Labute approximate surface area is 240 Å². The predicted molar refractivity (Wildman–Crippen MR) is 157 cm³/mol. The number of nitrogens with one attached hydrogen (secondary N) is 1. The molecule has 0 saturated heterocycles. The van der Waals surface area contributed by atoms with Crippen molar-refractivity contribution in [3.63, 3.8) is 0 Å². The zero-order valence-electron chi connectivity index (χ0n) is 22.2. The second-order valence-electron chi connectivity index (χ2n) is 9.68. The van der Waals surface area contributed by atoms with E-state index in [1.807, 2.05) is 44.2 Å². The number of nitrogens with zero attached hydrogens (tertiary/aromatic N) is 2. The summed E-state index contributed by atoms with van der Waals surface area (Å²) in [6.45, 7) is 3.84. The van der Waals surface area contributed by atoms with Crippen LogP contribution in [0.25, 0.3) is 0 Å². The van der Waals surface area contributed by atoms with E-state index in [0.29, 0.717) is 17.1 Å². The highest BCUT2D eigenvalue weighted by Gasteiger charge is 2.33. The van der Waals surface area contributed by atoms with E-state index in [0.717, 1.165) is 16.1 Å². The topological polar surface area (TPSA) is 86.8 Å². The molecule has 0 fully saturated rings. The summed E-state index contributed by atoms with van der Waals surface area (Å²) >= 11 is 12.8. The normalized spacial score (nSPS) is 12.2. The van der Waals surface area contributed by atoms with Gasteiger partial charge in [0, 0.05) is 24.5 Å². The van der Waals surface area contributed by atoms with Crippen LogP contribution in [-0.2, 0) is 32.6 Å². The lowest BCUT2D eigenvalue weighted by molar-refractivity contribution is -0.140. The summed E-state index contributed by atoms with van der Waals surface area (Å²) in [4.78, 5) is 29.0. The number of carbonyl (C=O) groups is 2. The molecule has 7 nitrogen and oxygen atoms in total. The standard InChI is InChI=1S/C29H33Cl2N3O4S/c1-21(2)18-32-29(36)27(17-22-11-5-4-6-12-22)33(19-23-13-7-8-14-24(23)30)28(35)20-34(39(3,37)38)26-16-10-9-15-25(26)31/h4-16,21,27H,17-20H2,1-3H3,(H,32,36). The first-order valence-electron chi connectivity index (χ1n) is 12.5. The SMILES string of the molecule is CC(C)CNC(=O)C(Cc1ccccc1)N(Cc1ccccc1Cl)C(=O)CN(c1ccccc1Cl)S(C)(=O)=O. The van der Waals surface area contributed by atoms with Gasteiger partial charge in [0.2, 0.25) is 21.8 Å². The third-order valence-electron chi connectivity index (χ3n) is 6.05. The molecule has 0 aromatic heterocycles. The van der Waals surface area contributed by atoms with Gasteiger partial charge in [0.1, 0.15) is 12.6 Å². The molecule has 2 amide bonds. The van der Waals surface area contributed by atoms with Gasteiger partial charge >= 0.3 is 0 Å². The van der Waals surface area contributed by atoms with Gasteiger partial charge in [0.15, 0.2) is 0 Å². The first-order valence-corrected chi connectivity index (χ1v) is 15.1. The molecule has 0 aliphatic heterocycles. The van der Waals surface area contributed by atoms with Crippen LogP contribution in [0.5, 0.6) is 0 Å². The van der Waals surface area contributed by atoms with Gasteiger partial charge < -0.3 is 10.2 Å². The summed E-state index contributed by atoms with van der Waals surface area (Å²) in [7, 11) is -3.90. The molecule has 3 aromatic rings. The number of hydrogen-bond acceptors (Lipinski definition) is 4. The molecule has 0 aliphatic rings. The number of rotatable bonds is 12. The van der Waals surface area contributed by atoms with Gasteiger partial charge in [-0.2, -0.15) is 0 Å². The second kappa shape index (κ2) is 13.8. The van der Waals surface area contributed by atoms with Crippen LogP contribution in [0.4, 0.5) is 5.69 Å². The van der Waals surface area contributed by atoms with Gasteiger partial charge in [-0.05, 0) is 35.2 Å². The number of carbonyl (C=O) groups excluding carboxylic acids is 2.